The van der Waals surface area contributed by atoms with Crippen molar-refractivity contribution in [1.29, 1.82) is 5.26 Å². The molecule has 1 unspecified atom stereocenters. The Bertz CT molecular complexity index is 1300. The second-order valence-corrected chi connectivity index (χ2v) is 7.09. The minimum absolute atomic E-state index is 0.00916. The van der Waals surface area contributed by atoms with E-state index in [9.17, 15) is 15.2 Å². The first-order valence-corrected chi connectivity index (χ1v) is 9.16. The molecule has 0 aliphatic carbocycles. The van der Waals surface area contributed by atoms with E-state index in [4.69, 9.17) is 22.1 Å². The summed E-state index contributed by atoms with van der Waals surface area (Å²) in [5.41, 5.74) is 7.12. The van der Waals surface area contributed by atoms with Crippen molar-refractivity contribution in [2.24, 2.45) is 12.8 Å². The molecular formula is C22H16ClN3O3. The van der Waals surface area contributed by atoms with Crippen molar-refractivity contribution in [1.82, 2.24) is 4.57 Å². The molecule has 6 nitrogen and oxygen atoms in total. The molecule has 144 valence electrons. The Morgan fingerprint density at radius 2 is 1.90 bits per heavy atom. The number of aryl methyl sites for hydroxylation is 1. The van der Waals surface area contributed by atoms with E-state index in [2.05, 4.69) is 6.07 Å². The van der Waals surface area contributed by atoms with Gasteiger partial charge in [0.1, 0.15) is 28.7 Å². The summed E-state index contributed by atoms with van der Waals surface area (Å²) in [5.74, 6) is -0.750. The first-order valence-electron chi connectivity index (χ1n) is 8.78. The van der Waals surface area contributed by atoms with E-state index in [1.54, 1.807) is 61.7 Å². The fourth-order valence-corrected chi connectivity index (χ4v) is 3.61. The number of para-hydroxylation sites is 1. The van der Waals surface area contributed by atoms with E-state index < -0.39 is 11.5 Å². The molecule has 0 bridgehead atoms. The summed E-state index contributed by atoms with van der Waals surface area (Å²) in [6.45, 7) is 0. The minimum Gasteiger partial charge on any atom is -0.506 e. The van der Waals surface area contributed by atoms with Gasteiger partial charge in [0.15, 0.2) is 0 Å². The predicted octanol–water partition coefficient (Wildman–Crippen LogP) is 3.75. The molecule has 1 aliphatic rings. The van der Waals surface area contributed by atoms with Gasteiger partial charge < -0.3 is 20.1 Å². The summed E-state index contributed by atoms with van der Waals surface area (Å²) in [5, 5.41) is 21.5. The van der Waals surface area contributed by atoms with Gasteiger partial charge in [-0.05, 0) is 35.9 Å². The molecule has 0 radical (unpaired) electrons. The van der Waals surface area contributed by atoms with Gasteiger partial charge in [-0.3, -0.25) is 4.79 Å². The Labute approximate surface area is 171 Å². The second-order valence-electron chi connectivity index (χ2n) is 6.66. The number of pyridine rings is 1. The number of fused-ring (bicyclic) bond motifs is 1. The highest BCUT2D eigenvalue weighted by molar-refractivity contribution is 6.30. The van der Waals surface area contributed by atoms with Crippen LogP contribution in [0.5, 0.6) is 5.75 Å². The Morgan fingerprint density at radius 3 is 2.59 bits per heavy atom. The van der Waals surface area contributed by atoms with E-state index in [1.807, 2.05) is 0 Å². The van der Waals surface area contributed by atoms with E-state index >= 15 is 0 Å². The van der Waals surface area contributed by atoms with Crippen LogP contribution in [0, 0.1) is 11.3 Å². The second kappa shape index (κ2) is 7.04. The van der Waals surface area contributed by atoms with E-state index in [0.717, 1.165) is 5.56 Å². The van der Waals surface area contributed by atoms with Crippen molar-refractivity contribution >= 4 is 28.3 Å². The van der Waals surface area contributed by atoms with Crippen LogP contribution in [0.2, 0.25) is 5.02 Å². The molecule has 3 aromatic rings. The first-order chi connectivity index (χ1) is 13.9. The lowest BCUT2D eigenvalue weighted by molar-refractivity contribution is 0.356. The number of rotatable bonds is 2. The van der Waals surface area contributed by atoms with Crippen molar-refractivity contribution < 1.29 is 9.84 Å². The molecule has 0 fully saturated rings. The zero-order valence-electron chi connectivity index (χ0n) is 15.4. The number of halogens is 1. The van der Waals surface area contributed by atoms with Gasteiger partial charge in [-0.15, -0.1) is 0 Å². The number of ether oxygens (including phenoxy) is 1. The third-order valence-corrected chi connectivity index (χ3v) is 5.24. The number of benzene rings is 2. The molecule has 3 N–H and O–H groups in total. The maximum atomic E-state index is 13.0. The summed E-state index contributed by atoms with van der Waals surface area (Å²) in [6, 6.07) is 16.0. The highest BCUT2D eigenvalue weighted by atomic mass is 35.5. The van der Waals surface area contributed by atoms with Crippen LogP contribution in [0.3, 0.4) is 0 Å². The summed E-state index contributed by atoms with van der Waals surface area (Å²) >= 11 is 5.97. The van der Waals surface area contributed by atoms with Gasteiger partial charge in [-0.1, -0.05) is 35.9 Å². The van der Waals surface area contributed by atoms with Crippen molar-refractivity contribution in [3.8, 4) is 11.8 Å². The number of nitriles is 1. The largest absolute Gasteiger partial charge is 0.506 e. The third kappa shape index (κ3) is 3.02. The summed E-state index contributed by atoms with van der Waals surface area (Å²) in [6.07, 6.45) is 1.61. The van der Waals surface area contributed by atoms with Crippen LogP contribution < -0.4 is 11.3 Å². The Morgan fingerprint density at radius 1 is 1.21 bits per heavy atom. The molecule has 4 rings (SSSR count). The highest BCUT2D eigenvalue weighted by Gasteiger charge is 2.29. The first kappa shape index (κ1) is 18.7. The van der Waals surface area contributed by atoms with Crippen LogP contribution in [-0.4, -0.2) is 9.67 Å². The van der Waals surface area contributed by atoms with Gasteiger partial charge in [0, 0.05) is 23.4 Å². The third-order valence-electron chi connectivity index (χ3n) is 4.99. The van der Waals surface area contributed by atoms with Crippen LogP contribution >= 0.6 is 11.6 Å². The number of hydrogen-bond acceptors (Lipinski definition) is 5. The maximum absolute atomic E-state index is 13.0. The van der Waals surface area contributed by atoms with Gasteiger partial charge in [0.05, 0.1) is 5.52 Å². The van der Waals surface area contributed by atoms with Gasteiger partial charge >= 0.3 is 0 Å². The average molecular weight is 406 g/mol. The van der Waals surface area contributed by atoms with Crippen molar-refractivity contribution in [3.05, 3.63) is 92.6 Å². The van der Waals surface area contributed by atoms with Gasteiger partial charge in [0.25, 0.3) is 5.56 Å². The van der Waals surface area contributed by atoms with Gasteiger partial charge in [0.2, 0.25) is 5.88 Å². The van der Waals surface area contributed by atoms with Crippen molar-refractivity contribution in [3.63, 3.8) is 0 Å². The molecule has 0 saturated carbocycles. The lowest BCUT2D eigenvalue weighted by Gasteiger charge is -2.23. The summed E-state index contributed by atoms with van der Waals surface area (Å²) in [7, 11) is 1.62. The molecule has 0 spiro atoms. The van der Waals surface area contributed by atoms with Crippen LogP contribution in [0.25, 0.3) is 16.7 Å². The SMILES string of the molecule is Cn1c(=O)c(C2=CC(c3ccc(Cl)cc3)C(C#N)=C(N)O2)c(O)c2ccccc21. The molecule has 1 atom stereocenters. The number of hydrogen-bond donors (Lipinski definition) is 2. The Balaban J connectivity index is 1.95. The van der Waals surface area contributed by atoms with E-state index in [0.29, 0.717) is 15.9 Å². The van der Waals surface area contributed by atoms with E-state index in [-0.39, 0.29) is 28.5 Å². The monoisotopic (exact) mass is 405 g/mol. The molecule has 1 aromatic heterocycles. The zero-order valence-corrected chi connectivity index (χ0v) is 16.1. The highest BCUT2D eigenvalue weighted by Crippen LogP contribution is 2.39. The number of aromatic hydroxyl groups is 1. The molecular weight excluding hydrogens is 390 g/mol. The molecule has 0 saturated heterocycles. The lowest BCUT2D eigenvalue weighted by Crippen LogP contribution is -2.24. The molecule has 29 heavy (non-hydrogen) atoms. The Kier molecular flexibility index (Phi) is 4.53. The molecule has 2 aromatic carbocycles. The van der Waals surface area contributed by atoms with Crippen molar-refractivity contribution in [2.75, 3.05) is 0 Å². The predicted molar refractivity (Wildman–Crippen MR) is 111 cm³/mol. The maximum Gasteiger partial charge on any atom is 0.265 e. The smallest absolute Gasteiger partial charge is 0.265 e. The summed E-state index contributed by atoms with van der Waals surface area (Å²) < 4.78 is 7.05. The Hall–Kier alpha value is -3.69. The average Bonchev–Trinajstić information content (AvgIpc) is 2.72. The van der Waals surface area contributed by atoms with Gasteiger partial charge in [-0.2, -0.15) is 5.26 Å². The van der Waals surface area contributed by atoms with Crippen LogP contribution in [-0.2, 0) is 11.8 Å². The minimum atomic E-state index is -0.545. The number of aromatic nitrogens is 1. The number of nitrogens with two attached hydrogens (primary N) is 1. The zero-order chi connectivity index (χ0) is 20.7. The number of allylic oxidation sites excluding steroid dienone is 2. The standard InChI is InChI=1S/C22H16ClN3O3/c1-26-17-5-3-2-4-14(17)20(27)19(22(26)28)18-10-15(16(11-24)21(25)29-18)12-6-8-13(23)9-7-12/h2-10,15,27H,25H2,1H3. The fraction of sp³-hybridized carbons (Fsp3) is 0.0909. The molecule has 0 amide bonds. The van der Waals surface area contributed by atoms with Gasteiger partial charge in [-0.25, -0.2) is 0 Å². The molecule has 2 heterocycles. The fourth-order valence-electron chi connectivity index (χ4n) is 3.49. The van der Waals surface area contributed by atoms with Crippen molar-refractivity contribution in [2.45, 2.75) is 5.92 Å². The number of nitrogens with zero attached hydrogens (tertiary/aromatic N) is 2. The molecule has 7 heteroatoms. The lowest BCUT2D eigenvalue weighted by atomic mass is 9.89. The topological polar surface area (TPSA) is 101 Å². The summed E-state index contributed by atoms with van der Waals surface area (Å²) in [4.78, 5) is 13.0. The van der Waals surface area contributed by atoms with Crippen LogP contribution in [0.15, 0.2) is 70.9 Å². The van der Waals surface area contributed by atoms with Crippen LogP contribution in [0.1, 0.15) is 17.0 Å². The quantitative estimate of drug-likeness (QED) is 0.676. The molecule has 1 aliphatic heterocycles. The normalized spacial score (nSPS) is 16.3. The van der Waals surface area contributed by atoms with E-state index in [1.165, 1.54) is 4.57 Å². The van der Waals surface area contributed by atoms with Crippen LogP contribution in [0.4, 0.5) is 0 Å².